The summed E-state index contributed by atoms with van der Waals surface area (Å²) < 4.78 is 12.1. The molecule has 2 aromatic rings. The molecule has 0 fully saturated rings. The highest BCUT2D eigenvalue weighted by molar-refractivity contribution is 9.10. The third-order valence-electron chi connectivity index (χ3n) is 3.55. The van der Waals surface area contributed by atoms with Gasteiger partial charge in [0.1, 0.15) is 13.2 Å². The molecule has 110 valence electrons. The Bertz CT molecular complexity index is 690. The Morgan fingerprint density at radius 3 is 2.48 bits per heavy atom. The Labute approximate surface area is 137 Å². The summed E-state index contributed by atoms with van der Waals surface area (Å²) in [5.74, 6) is 1.47. The Kier molecular flexibility index (Phi) is 4.11. The van der Waals surface area contributed by atoms with Crippen LogP contribution in [0.15, 0.2) is 34.8 Å². The van der Waals surface area contributed by atoms with Gasteiger partial charge in [-0.1, -0.05) is 39.7 Å². The minimum atomic E-state index is -0.284. The molecule has 1 aliphatic rings. The molecular formula is C16H15BrClNO2. The second-order valence-electron chi connectivity index (χ2n) is 5.00. The van der Waals surface area contributed by atoms with Crippen LogP contribution in [0.1, 0.15) is 22.7 Å². The van der Waals surface area contributed by atoms with Gasteiger partial charge in [-0.15, -0.1) is 0 Å². The molecule has 0 spiro atoms. The average Bonchev–Trinajstić information content (AvgIpc) is 2.48. The molecule has 3 rings (SSSR count). The van der Waals surface area contributed by atoms with E-state index in [1.807, 2.05) is 37.3 Å². The number of rotatable bonds is 2. The number of halogens is 2. The first-order valence-electron chi connectivity index (χ1n) is 6.67. The summed E-state index contributed by atoms with van der Waals surface area (Å²) in [4.78, 5) is 0. The molecule has 0 saturated heterocycles. The maximum Gasteiger partial charge on any atom is 0.162 e. The number of hydrogen-bond donors (Lipinski definition) is 1. The zero-order chi connectivity index (χ0) is 15.0. The predicted octanol–water partition coefficient (Wildman–Crippen LogP) is 4.23. The number of benzene rings is 2. The summed E-state index contributed by atoms with van der Waals surface area (Å²) in [5.41, 5.74) is 9.32. The van der Waals surface area contributed by atoms with Crippen molar-refractivity contribution in [3.8, 4) is 11.5 Å². The first-order chi connectivity index (χ1) is 10.1. The highest BCUT2D eigenvalue weighted by atomic mass is 79.9. The smallest absolute Gasteiger partial charge is 0.162 e. The molecule has 2 aromatic carbocycles. The summed E-state index contributed by atoms with van der Waals surface area (Å²) in [7, 11) is 0. The van der Waals surface area contributed by atoms with E-state index in [2.05, 4.69) is 15.9 Å². The van der Waals surface area contributed by atoms with Gasteiger partial charge in [-0.2, -0.15) is 0 Å². The van der Waals surface area contributed by atoms with Crippen molar-refractivity contribution in [2.75, 3.05) is 13.2 Å². The summed E-state index contributed by atoms with van der Waals surface area (Å²) >= 11 is 9.75. The van der Waals surface area contributed by atoms with Crippen molar-refractivity contribution in [3.63, 3.8) is 0 Å². The highest BCUT2D eigenvalue weighted by Crippen LogP contribution is 2.39. The topological polar surface area (TPSA) is 44.5 Å². The lowest BCUT2D eigenvalue weighted by atomic mass is 9.98. The lowest BCUT2D eigenvalue weighted by molar-refractivity contribution is 0.171. The van der Waals surface area contributed by atoms with Crippen molar-refractivity contribution < 1.29 is 9.47 Å². The Morgan fingerprint density at radius 2 is 1.81 bits per heavy atom. The van der Waals surface area contributed by atoms with Crippen LogP contribution in [0.5, 0.6) is 11.5 Å². The summed E-state index contributed by atoms with van der Waals surface area (Å²) in [6, 6.07) is 9.42. The van der Waals surface area contributed by atoms with Crippen molar-refractivity contribution in [2.45, 2.75) is 13.0 Å². The number of hydrogen-bond acceptors (Lipinski definition) is 3. The molecule has 1 heterocycles. The van der Waals surface area contributed by atoms with Gasteiger partial charge in [-0.25, -0.2) is 0 Å². The van der Waals surface area contributed by atoms with E-state index in [-0.39, 0.29) is 6.04 Å². The minimum absolute atomic E-state index is 0.284. The van der Waals surface area contributed by atoms with E-state index in [9.17, 15) is 0 Å². The first kappa shape index (κ1) is 14.7. The standard InChI is InChI=1S/C16H15BrClNO2/c1-9-2-3-10(6-13(9)18)16(19)11-7-14-15(8-12(11)17)21-5-4-20-14/h2-3,6-8,16H,4-5,19H2,1H3. The SMILES string of the molecule is Cc1ccc(C(N)c2cc3c(cc2Br)OCCO3)cc1Cl. The van der Waals surface area contributed by atoms with Crippen LogP contribution in [-0.2, 0) is 0 Å². The largest absolute Gasteiger partial charge is 0.486 e. The number of fused-ring (bicyclic) bond motifs is 1. The average molecular weight is 369 g/mol. The molecule has 0 radical (unpaired) electrons. The molecule has 5 heteroatoms. The third-order valence-corrected chi connectivity index (χ3v) is 4.65. The summed E-state index contributed by atoms with van der Waals surface area (Å²) in [6.07, 6.45) is 0. The zero-order valence-corrected chi connectivity index (χ0v) is 13.9. The quantitative estimate of drug-likeness (QED) is 0.862. The Balaban J connectivity index is 2.00. The van der Waals surface area contributed by atoms with Gasteiger partial charge in [0.15, 0.2) is 11.5 Å². The fraction of sp³-hybridized carbons (Fsp3) is 0.250. The van der Waals surface area contributed by atoms with Crippen LogP contribution in [0.3, 0.4) is 0 Å². The van der Waals surface area contributed by atoms with Crippen LogP contribution in [0.2, 0.25) is 5.02 Å². The Hall–Kier alpha value is -1.23. The molecule has 0 bridgehead atoms. The molecular weight excluding hydrogens is 354 g/mol. The van der Waals surface area contributed by atoms with E-state index < -0.39 is 0 Å². The van der Waals surface area contributed by atoms with Gasteiger partial charge in [0, 0.05) is 9.50 Å². The van der Waals surface area contributed by atoms with Gasteiger partial charge >= 0.3 is 0 Å². The fourth-order valence-corrected chi connectivity index (χ4v) is 3.06. The number of nitrogens with two attached hydrogens (primary N) is 1. The van der Waals surface area contributed by atoms with Crippen LogP contribution in [0.4, 0.5) is 0 Å². The molecule has 0 amide bonds. The van der Waals surface area contributed by atoms with Crippen molar-refractivity contribution in [1.29, 1.82) is 0 Å². The van der Waals surface area contributed by atoms with Crippen LogP contribution < -0.4 is 15.2 Å². The van der Waals surface area contributed by atoms with Crippen LogP contribution in [-0.4, -0.2) is 13.2 Å². The van der Waals surface area contributed by atoms with E-state index in [4.69, 9.17) is 26.8 Å². The summed E-state index contributed by atoms with van der Waals surface area (Å²) in [5, 5.41) is 0.719. The second kappa shape index (κ2) is 5.87. The molecule has 3 nitrogen and oxygen atoms in total. The predicted molar refractivity (Wildman–Crippen MR) is 87.4 cm³/mol. The third kappa shape index (κ3) is 2.89. The van der Waals surface area contributed by atoms with E-state index in [1.165, 1.54) is 0 Å². The molecule has 21 heavy (non-hydrogen) atoms. The van der Waals surface area contributed by atoms with Crippen LogP contribution in [0, 0.1) is 6.92 Å². The number of aryl methyl sites for hydroxylation is 1. The molecule has 1 atom stereocenters. The van der Waals surface area contributed by atoms with E-state index >= 15 is 0 Å². The molecule has 0 aromatic heterocycles. The van der Waals surface area contributed by atoms with Crippen LogP contribution >= 0.6 is 27.5 Å². The van der Waals surface area contributed by atoms with E-state index in [0.717, 1.165) is 37.7 Å². The molecule has 2 N–H and O–H groups in total. The zero-order valence-electron chi connectivity index (χ0n) is 11.5. The van der Waals surface area contributed by atoms with E-state index in [0.29, 0.717) is 13.2 Å². The van der Waals surface area contributed by atoms with Gasteiger partial charge in [0.2, 0.25) is 0 Å². The van der Waals surface area contributed by atoms with Crippen LogP contribution in [0.25, 0.3) is 0 Å². The molecule has 0 saturated carbocycles. The summed E-state index contributed by atoms with van der Waals surface area (Å²) in [6.45, 7) is 3.09. The van der Waals surface area contributed by atoms with Crippen molar-refractivity contribution in [1.82, 2.24) is 0 Å². The lowest BCUT2D eigenvalue weighted by Gasteiger charge is -2.22. The van der Waals surface area contributed by atoms with Gasteiger partial charge < -0.3 is 15.2 Å². The van der Waals surface area contributed by atoms with Gasteiger partial charge in [0.25, 0.3) is 0 Å². The maximum atomic E-state index is 6.38. The highest BCUT2D eigenvalue weighted by Gasteiger charge is 2.19. The minimum Gasteiger partial charge on any atom is -0.486 e. The molecule has 1 aliphatic heterocycles. The van der Waals surface area contributed by atoms with Gasteiger partial charge in [-0.3, -0.25) is 0 Å². The lowest BCUT2D eigenvalue weighted by Crippen LogP contribution is -2.17. The Morgan fingerprint density at radius 1 is 1.14 bits per heavy atom. The van der Waals surface area contributed by atoms with E-state index in [1.54, 1.807) is 0 Å². The van der Waals surface area contributed by atoms with Gasteiger partial charge in [0.05, 0.1) is 6.04 Å². The van der Waals surface area contributed by atoms with Crippen molar-refractivity contribution >= 4 is 27.5 Å². The monoisotopic (exact) mass is 367 g/mol. The number of ether oxygens (including phenoxy) is 2. The second-order valence-corrected chi connectivity index (χ2v) is 6.27. The van der Waals surface area contributed by atoms with Gasteiger partial charge in [-0.05, 0) is 41.8 Å². The van der Waals surface area contributed by atoms with Crippen molar-refractivity contribution in [3.05, 3.63) is 56.5 Å². The maximum absolute atomic E-state index is 6.38. The molecule has 0 aliphatic carbocycles. The molecule has 1 unspecified atom stereocenters. The fourth-order valence-electron chi connectivity index (χ4n) is 2.30. The van der Waals surface area contributed by atoms with Crippen molar-refractivity contribution in [2.24, 2.45) is 5.73 Å². The normalized spacial score (nSPS) is 14.9. The first-order valence-corrected chi connectivity index (χ1v) is 7.84.